The summed E-state index contributed by atoms with van der Waals surface area (Å²) in [4.78, 5) is 0. The first-order valence-electron chi connectivity index (χ1n) is 4.51. The molecule has 5 heteroatoms. The summed E-state index contributed by atoms with van der Waals surface area (Å²) in [6.07, 6.45) is 0. The molecule has 0 radical (unpaired) electrons. The third kappa shape index (κ3) is 31.3. The van der Waals surface area contributed by atoms with E-state index in [2.05, 4.69) is 9.47 Å². The van der Waals surface area contributed by atoms with Gasteiger partial charge in [0, 0.05) is 27.4 Å². The Hall–Kier alpha value is 1.32. The number of hydrogen-bond donors (Lipinski definition) is 0. The smallest absolute Gasteiger partial charge is 0.848 e. The van der Waals surface area contributed by atoms with Gasteiger partial charge in [0.05, 0.1) is 0 Å². The monoisotopic (exact) mass is 294 g/mol. The maximum Gasteiger partial charge on any atom is 2.00 e. The Morgan fingerprint density at radius 3 is 1.00 bits per heavy atom. The molecule has 0 aliphatic heterocycles. The van der Waals surface area contributed by atoms with Gasteiger partial charge in [0.2, 0.25) is 0 Å². The van der Waals surface area contributed by atoms with Crippen LogP contribution in [-0.4, -0.2) is 84.1 Å². The standard InChI is InChI=1S/2C5H11O2.Sr/c2*1-5(2,6)4-7-3;/h2*4H2,1-3H3;/q2*-1;+2. The van der Waals surface area contributed by atoms with E-state index >= 15 is 0 Å². The van der Waals surface area contributed by atoms with E-state index in [0.717, 1.165) is 0 Å². The summed E-state index contributed by atoms with van der Waals surface area (Å²) < 4.78 is 9.19. The van der Waals surface area contributed by atoms with Crippen LogP contribution in [0.4, 0.5) is 0 Å². The van der Waals surface area contributed by atoms with Gasteiger partial charge >= 0.3 is 45.5 Å². The van der Waals surface area contributed by atoms with Crippen molar-refractivity contribution in [2.75, 3.05) is 27.4 Å². The summed E-state index contributed by atoms with van der Waals surface area (Å²) in [5.74, 6) is 0. The first-order valence-corrected chi connectivity index (χ1v) is 4.51. The van der Waals surface area contributed by atoms with E-state index in [1.54, 1.807) is 27.7 Å². The third-order valence-corrected chi connectivity index (χ3v) is 0.984. The summed E-state index contributed by atoms with van der Waals surface area (Å²) in [7, 11) is 3.05. The minimum Gasteiger partial charge on any atom is -0.848 e. The van der Waals surface area contributed by atoms with Gasteiger partial charge in [-0.05, 0) is 0 Å². The molecule has 0 N–H and O–H groups in total. The van der Waals surface area contributed by atoms with Crippen LogP contribution in [-0.2, 0) is 9.47 Å². The molecule has 0 bridgehead atoms. The van der Waals surface area contributed by atoms with Crippen molar-refractivity contribution >= 4 is 45.5 Å². The van der Waals surface area contributed by atoms with Crippen LogP contribution in [0.25, 0.3) is 0 Å². The fraction of sp³-hybridized carbons (Fsp3) is 1.00. The van der Waals surface area contributed by atoms with E-state index in [4.69, 9.17) is 0 Å². The normalized spacial score (nSPS) is 11.2. The van der Waals surface area contributed by atoms with Crippen molar-refractivity contribution < 1.29 is 19.7 Å². The Kier molecular flexibility index (Phi) is 15.1. The van der Waals surface area contributed by atoms with Crippen LogP contribution in [0.3, 0.4) is 0 Å². The summed E-state index contributed by atoms with van der Waals surface area (Å²) in [6, 6.07) is 0. The number of methoxy groups -OCH3 is 2. The van der Waals surface area contributed by atoms with Gasteiger partial charge in [-0.2, -0.15) is 0 Å². The van der Waals surface area contributed by atoms with Crippen LogP contribution in [0.1, 0.15) is 27.7 Å². The third-order valence-electron chi connectivity index (χ3n) is 0.984. The van der Waals surface area contributed by atoms with E-state index in [-0.39, 0.29) is 58.7 Å². The molecular weight excluding hydrogens is 272 g/mol. The maximum atomic E-state index is 10.6. The molecule has 0 unspecified atom stereocenters. The van der Waals surface area contributed by atoms with E-state index < -0.39 is 11.2 Å². The van der Waals surface area contributed by atoms with Crippen molar-refractivity contribution in [1.82, 2.24) is 0 Å². The largest absolute Gasteiger partial charge is 2.00 e. The number of ether oxygens (including phenoxy) is 2. The molecule has 0 aromatic carbocycles. The van der Waals surface area contributed by atoms with Crippen molar-refractivity contribution in [1.29, 1.82) is 0 Å². The molecule has 0 rings (SSSR count). The molecule has 0 amide bonds. The zero-order valence-corrected chi connectivity index (χ0v) is 14.2. The SMILES string of the molecule is COCC(C)(C)[O-].COCC(C)(C)[O-].[Sr+2]. The van der Waals surface area contributed by atoms with Crippen LogP contribution in [0.2, 0.25) is 0 Å². The van der Waals surface area contributed by atoms with Gasteiger partial charge in [0.15, 0.2) is 0 Å². The number of rotatable bonds is 4. The van der Waals surface area contributed by atoms with Gasteiger partial charge in [0.1, 0.15) is 0 Å². The van der Waals surface area contributed by atoms with Crippen LogP contribution in [0.5, 0.6) is 0 Å². The maximum absolute atomic E-state index is 10.6. The van der Waals surface area contributed by atoms with Gasteiger partial charge in [-0.1, -0.05) is 38.9 Å². The molecular formula is C10H22O4Sr. The molecule has 0 aromatic heterocycles. The Morgan fingerprint density at radius 1 is 0.800 bits per heavy atom. The van der Waals surface area contributed by atoms with Crippen molar-refractivity contribution in [2.45, 2.75) is 38.9 Å². The minimum absolute atomic E-state index is 0. The summed E-state index contributed by atoms with van der Waals surface area (Å²) in [5.41, 5.74) is -1.84. The van der Waals surface area contributed by atoms with E-state index in [1.807, 2.05) is 0 Å². The summed E-state index contributed by atoms with van der Waals surface area (Å²) in [6.45, 7) is 6.94. The molecule has 4 nitrogen and oxygen atoms in total. The molecule has 88 valence electrons. The molecule has 15 heavy (non-hydrogen) atoms. The molecule has 0 heterocycles. The summed E-state index contributed by atoms with van der Waals surface area (Å²) >= 11 is 0. The van der Waals surface area contributed by atoms with Crippen molar-refractivity contribution in [3.05, 3.63) is 0 Å². The van der Waals surface area contributed by atoms with Crippen molar-refractivity contribution in [3.8, 4) is 0 Å². The Bertz CT molecular complexity index is 110. The van der Waals surface area contributed by atoms with E-state index in [0.29, 0.717) is 0 Å². The van der Waals surface area contributed by atoms with Crippen LogP contribution >= 0.6 is 0 Å². The molecule has 0 saturated heterocycles. The second kappa shape index (κ2) is 10.5. The zero-order valence-electron chi connectivity index (χ0n) is 10.8. The second-order valence-electron chi connectivity index (χ2n) is 4.39. The molecule has 0 aliphatic carbocycles. The van der Waals surface area contributed by atoms with Gasteiger partial charge in [0.25, 0.3) is 0 Å². The van der Waals surface area contributed by atoms with E-state index in [1.165, 1.54) is 14.2 Å². The molecule has 0 spiro atoms. The molecule has 0 fully saturated rings. The van der Waals surface area contributed by atoms with Crippen molar-refractivity contribution in [2.24, 2.45) is 0 Å². The Labute approximate surface area is 130 Å². The first-order chi connectivity index (χ1) is 6.12. The predicted molar refractivity (Wildman–Crippen MR) is 57.7 cm³/mol. The number of hydrogen-bond acceptors (Lipinski definition) is 4. The fourth-order valence-corrected chi connectivity index (χ4v) is 0.695. The summed E-state index contributed by atoms with van der Waals surface area (Å²) in [5, 5.41) is 21.2. The quantitative estimate of drug-likeness (QED) is 0.634. The van der Waals surface area contributed by atoms with Gasteiger partial charge in [-0.3, -0.25) is 0 Å². The van der Waals surface area contributed by atoms with Gasteiger partial charge in [-0.15, -0.1) is 0 Å². The minimum atomic E-state index is -0.922. The molecule has 0 saturated carbocycles. The Balaban J connectivity index is -0.000000180. The van der Waals surface area contributed by atoms with Crippen LogP contribution in [0, 0.1) is 0 Å². The second-order valence-corrected chi connectivity index (χ2v) is 4.39. The molecule has 0 atom stereocenters. The van der Waals surface area contributed by atoms with Crippen molar-refractivity contribution in [3.63, 3.8) is 0 Å². The van der Waals surface area contributed by atoms with Crippen LogP contribution < -0.4 is 10.2 Å². The fourth-order valence-electron chi connectivity index (χ4n) is 0.695. The van der Waals surface area contributed by atoms with Gasteiger partial charge in [-0.25, -0.2) is 0 Å². The molecule has 0 aromatic rings. The predicted octanol–water partition coefficient (Wildman–Crippen LogP) is -0.837. The van der Waals surface area contributed by atoms with E-state index in [9.17, 15) is 10.2 Å². The van der Waals surface area contributed by atoms with Crippen LogP contribution in [0.15, 0.2) is 0 Å². The molecule has 0 aliphatic rings. The first kappa shape index (κ1) is 21.6. The topological polar surface area (TPSA) is 64.6 Å². The average Bonchev–Trinajstić information content (AvgIpc) is 1.81. The zero-order chi connectivity index (χ0) is 11.8. The average molecular weight is 294 g/mol. The Morgan fingerprint density at radius 2 is 1.00 bits per heavy atom. The van der Waals surface area contributed by atoms with Gasteiger partial charge < -0.3 is 19.7 Å².